The van der Waals surface area contributed by atoms with Gasteiger partial charge >= 0.3 is 6.03 Å². The quantitative estimate of drug-likeness (QED) is 0.795. The number of hydrogen-bond acceptors (Lipinski definition) is 2. The maximum Gasteiger partial charge on any atom is 0.318 e. The predicted molar refractivity (Wildman–Crippen MR) is 96.5 cm³/mol. The molecule has 1 aromatic carbocycles. The Morgan fingerprint density at radius 1 is 1.36 bits per heavy atom. The van der Waals surface area contributed by atoms with Crippen LogP contribution in [0.4, 0.5) is 18.0 Å². The van der Waals surface area contributed by atoms with Gasteiger partial charge < -0.3 is 15.5 Å². The van der Waals surface area contributed by atoms with E-state index in [1.165, 1.54) is 23.1 Å². The number of carbonyl (C=O) groups is 2. The minimum atomic E-state index is -2.62. The lowest BCUT2D eigenvalue weighted by atomic mass is 9.88. The summed E-state index contributed by atoms with van der Waals surface area (Å²) in [5, 5.41) is 5.49. The van der Waals surface area contributed by atoms with Gasteiger partial charge in [-0.05, 0) is 43.4 Å². The summed E-state index contributed by atoms with van der Waals surface area (Å²) in [6.07, 6.45) is 0.571. The lowest BCUT2D eigenvalue weighted by molar-refractivity contribution is -0.126. The van der Waals surface area contributed by atoms with E-state index in [0.29, 0.717) is 18.7 Å². The predicted octanol–water partition coefficient (Wildman–Crippen LogP) is 3.34. The van der Waals surface area contributed by atoms with E-state index in [2.05, 4.69) is 10.6 Å². The monoisotopic (exact) mass is 415 g/mol. The van der Waals surface area contributed by atoms with E-state index in [-0.39, 0.29) is 29.7 Å². The minimum absolute atomic E-state index is 0.0871. The van der Waals surface area contributed by atoms with Crippen LogP contribution in [0.5, 0.6) is 0 Å². The second-order valence-corrected chi connectivity index (χ2v) is 8.29. The number of nitrogens with one attached hydrogen (secondary N) is 2. The van der Waals surface area contributed by atoms with Crippen molar-refractivity contribution in [2.24, 2.45) is 17.8 Å². The molecule has 3 fully saturated rings. The molecule has 0 radical (unpaired) electrons. The van der Waals surface area contributed by atoms with Gasteiger partial charge in [-0.15, -0.1) is 0 Å². The average molecular weight is 416 g/mol. The van der Waals surface area contributed by atoms with Gasteiger partial charge in [-0.2, -0.15) is 0 Å². The van der Waals surface area contributed by atoms with Crippen LogP contribution in [0.3, 0.4) is 0 Å². The number of nitrogens with zero attached hydrogens (tertiary/aromatic N) is 1. The number of amides is 3. The Kier molecular flexibility index (Phi) is 4.72. The number of carbonyl (C=O) groups excluding carboxylic acids is 2. The number of benzene rings is 1. The standard InChI is InChI=1S/C19H21ClF3N3O2/c1-9-17(27)24-4-5-26(9)18(28)25-16(10-2-3-15(21)14(20)8-10)11-6-12-13(7-11)19(12,22)23/h2-3,8-9,11-13,16H,4-7H2,1H3,(H,24,27)(H,25,28)/t9-,11?,12-,13+,16?/m1/s1. The second-order valence-electron chi connectivity index (χ2n) is 7.88. The number of fused-ring (bicyclic) bond motifs is 1. The molecule has 2 aliphatic carbocycles. The Hall–Kier alpha value is -1.96. The second kappa shape index (κ2) is 6.83. The van der Waals surface area contributed by atoms with Gasteiger partial charge in [-0.3, -0.25) is 4.79 Å². The number of rotatable bonds is 3. The topological polar surface area (TPSA) is 61.4 Å². The molecule has 1 heterocycles. The number of piperazine rings is 1. The smallest absolute Gasteiger partial charge is 0.318 e. The first kappa shape index (κ1) is 19.4. The minimum Gasteiger partial charge on any atom is -0.353 e. The highest BCUT2D eigenvalue weighted by Crippen LogP contribution is 2.67. The highest BCUT2D eigenvalue weighted by atomic mass is 35.5. The molecule has 0 aromatic heterocycles. The molecule has 2 N–H and O–H groups in total. The first-order valence-electron chi connectivity index (χ1n) is 9.37. The summed E-state index contributed by atoms with van der Waals surface area (Å²) in [4.78, 5) is 26.1. The molecule has 0 spiro atoms. The van der Waals surface area contributed by atoms with Crippen molar-refractivity contribution >= 4 is 23.5 Å². The SMILES string of the molecule is C[C@@H]1C(=O)NCCN1C(=O)NC(c1ccc(F)c(Cl)c1)C1C[C@@H]2[C@H](C1)C2(F)F. The van der Waals surface area contributed by atoms with Crippen molar-refractivity contribution in [3.8, 4) is 0 Å². The largest absolute Gasteiger partial charge is 0.353 e. The van der Waals surface area contributed by atoms with E-state index in [0.717, 1.165) is 0 Å². The Bertz CT molecular complexity index is 808. The van der Waals surface area contributed by atoms with E-state index < -0.39 is 41.7 Å². The molecule has 28 heavy (non-hydrogen) atoms. The summed E-state index contributed by atoms with van der Waals surface area (Å²) >= 11 is 5.90. The van der Waals surface area contributed by atoms with Crippen molar-refractivity contribution in [1.29, 1.82) is 0 Å². The fourth-order valence-corrected chi connectivity index (χ4v) is 4.77. The number of hydrogen-bond donors (Lipinski definition) is 2. The van der Waals surface area contributed by atoms with Crippen molar-refractivity contribution in [2.75, 3.05) is 13.1 Å². The molecule has 1 saturated heterocycles. The lowest BCUT2D eigenvalue weighted by Crippen LogP contribution is -2.58. The molecule has 2 unspecified atom stereocenters. The van der Waals surface area contributed by atoms with Gasteiger partial charge in [-0.25, -0.2) is 18.0 Å². The number of halogens is 4. The van der Waals surface area contributed by atoms with Crippen LogP contribution in [0.1, 0.15) is 31.4 Å². The first-order chi connectivity index (χ1) is 13.2. The summed E-state index contributed by atoms with van der Waals surface area (Å²) < 4.78 is 40.9. The normalized spacial score (nSPS) is 31.8. The summed E-state index contributed by atoms with van der Waals surface area (Å²) in [6, 6.07) is 2.49. The fourth-order valence-electron chi connectivity index (χ4n) is 4.58. The van der Waals surface area contributed by atoms with Crippen LogP contribution in [0, 0.1) is 23.6 Å². The third-order valence-electron chi connectivity index (χ3n) is 6.29. The molecule has 0 bridgehead atoms. The molecule has 1 aliphatic heterocycles. The van der Waals surface area contributed by atoms with Gasteiger partial charge in [0.05, 0.1) is 11.1 Å². The summed E-state index contributed by atoms with van der Waals surface area (Å²) in [5.41, 5.74) is 0.573. The molecule has 5 nitrogen and oxygen atoms in total. The zero-order valence-corrected chi connectivity index (χ0v) is 16.0. The molecule has 1 aromatic rings. The number of alkyl halides is 2. The maximum atomic E-state index is 13.6. The summed E-state index contributed by atoms with van der Waals surface area (Å²) in [7, 11) is 0. The Balaban J connectivity index is 1.56. The van der Waals surface area contributed by atoms with E-state index in [1.54, 1.807) is 6.92 Å². The molecule has 3 amide bonds. The Labute approximate surface area is 165 Å². The lowest BCUT2D eigenvalue weighted by Gasteiger charge is -2.35. The molecule has 3 aliphatic rings. The molecule has 5 atom stereocenters. The van der Waals surface area contributed by atoms with Gasteiger partial charge in [0.2, 0.25) is 5.91 Å². The van der Waals surface area contributed by atoms with Crippen LogP contribution >= 0.6 is 11.6 Å². The average Bonchev–Trinajstić information content (AvgIpc) is 2.99. The van der Waals surface area contributed by atoms with Gasteiger partial charge in [0, 0.05) is 24.9 Å². The molecule has 2 saturated carbocycles. The molecular formula is C19H21ClF3N3O2. The summed E-state index contributed by atoms with van der Waals surface area (Å²) in [6.45, 7) is 2.33. The van der Waals surface area contributed by atoms with Crippen molar-refractivity contribution in [3.05, 3.63) is 34.6 Å². The zero-order chi connectivity index (χ0) is 20.2. The first-order valence-corrected chi connectivity index (χ1v) is 9.75. The number of urea groups is 1. The third kappa shape index (κ3) is 3.21. The van der Waals surface area contributed by atoms with E-state index in [4.69, 9.17) is 11.6 Å². The van der Waals surface area contributed by atoms with Gasteiger partial charge in [0.1, 0.15) is 11.9 Å². The van der Waals surface area contributed by atoms with E-state index >= 15 is 0 Å². The van der Waals surface area contributed by atoms with Crippen molar-refractivity contribution in [3.63, 3.8) is 0 Å². The van der Waals surface area contributed by atoms with Gasteiger partial charge in [-0.1, -0.05) is 17.7 Å². The van der Waals surface area contributed by atoms with Crippen LogP contribution in [-0.4, -0.2) is 41.9 Å². The van der Waals surface area contributed by atoms with Crippen LogP contribution in [0.2, 0.25) is 5.02 Å². The van der Waals surface area contributed by atoms with Crippen molar-refractivity contribution in [2.45, 2.75) is 37.8 Å². The Morgan fingerprint density at radius 3 is 2.68 bits per heavy atom. The molecule has 152 valence electrons. The van der Waals surface area contributed by atoms with Gasteiger partial charge in [0.25, 0.3) is 5.92 Å². The van der Waals surface area contributed by atoms with Crippen LogP contribution in [-0.2, 0) is 4.79 Å². The summed E-state index contributed by atoms with van der Waals surface area (Å²) in [5.74, 6) is -4.97. The van der Waals surface area contributed by atoms with Crippen LogP contribution in [0.25, 0.3) is 0 Å². The van der Waals surface area contributed by atoms with Gasteiger partial charge in [0.15, 0.2) is 0 Å². The molecular weight excluding hydrogens is 395 g/mol. The fraction of sp³-hybridized carbons (Fsp3) is 0.579. The van der Waals surface area contributed by atoms with Crippen LogP contribution < -0.4 is 10.6 Å². The maximum absolute atomic E-state index is 13.6. The highest BCUT2D eigenvalue weighted by molar-refractivity contribution is 6.30. The van der Waals surface area contributed by atoms with Crippen molar-refractivity contribution < 1.29 is 22.8 Å². The molecule has 9 heteroatoms. The van der Waals surface area contributed by atoms with Crippen LogP contribution in [0.15, 0.2) is 18.2 Å². The zero-order valence-electron chi connectivity index (χ0n) is 15.2. The molecule has 4 rings (SSSR count). The highest BCUT2D eigenvalue weighted by Gasteiger charge is 2.72. The van der Waals surface area contributed by atoms with Crippen molar-refractivity contribution in [1.82, 2.24) is 15.5 Å². The van der Waals surface area contributed by atoms with E-state index in [9.17, 15) is 22.8 Å². The third-order valence-corrected chi connectivity index (χ3v) is 6.58. The Morgan fingerprint density at radius 2 is 2.04 bits per heavy atom. The van der Waals surface area contributed by atoms with E-state index in [1.807, 2.05) is 0 Å².